The van der Waals surface area contributed by atoms with E-state index in [2.05, 4.69) is 0 Å². The Balaban J connectivity index is 2.33. The lowest BCUT2D eigenvalue weighted by Gasteiger charge is -2.49. The second-order valence-corrected chi connectivity index (χ2v) is 6.05. The maximum Gasteiger partial charge on any atom is 0.120 e. The number of rotatable bonds is 11. The average molecular weight is 329 g/mol. The van der Waals surface area contributed by atoms with Crippen LogP contribution in [0.4, 0.5) is 0 Å². The fraction of sp³-hybridized carbons (Fsp3) is 0.786. The quantitative estimate of drug-likeness (QED) is 0.369. The van der Waals surface area contributed by atoms with E-state index >= 15 is 0 Å². The van der Waals surface area contributed by atoms with Gasteiger partial charge < -0.3 is 44.3 Å². The molecule has 0 aromatic carbocycles. The van der Waals surface area contributed by atoms with Crippen molar-refractivity contribution in [1.29, 1.82) is 0 Å². The van der Waals surface area contributed by atoms with Gasteiger partial charge in [-0.15, -0.1) is 0 Å². The third kappa shape index (κ3) is 3.80. The molecule has 2 heterocycles. The monoisotopic (exact) mass is 329 g/mol. The van der Waals surface area contributed by atoms with Gasteiger partial charge in [0.05, 0.1) is 37.4 Å². The Kier molecular flexibility index (Phi) is 4.92. The third-order valence-electron chi connectivity index (χ3n) is 4.51. The molecule has 2 aliphatic heterocycles. The molecule has 1 N–H and O–H groups in total. The van der Waals surface area contributed by atoms with E-state index in [0.717, 1.165) is 0 Å². The van der Waals surface area contributed by atoms with Crippen molar-refractivity contribution >= 4 is 17.9 Å². The fourth-order valence-electron chi connectivity index (χ4n) is 2.84. The summed E-state index contributed by atoms with van der Waals surface area (Å²) in [7, 11) is 0. The van der Waals surface area contributed by atoms with Crippen LogP contribution in [0.2, 0.25) is 0 Å². The highest BCUT2D eigenvalue weighted by atomic mass is 16.6. The van der Waals surface area contributed by atoms with Gasteiger partial charge in [-0.2, -0.15) is 0 Å². The summed E-state index contributed by atoms with van der Waals surface area (Å²) in [4.78, 5) is 34.1. The van der Waals surface area contributed by atoms with Crippen molar-refractivity contribution in [1.82, 2.24) is 0 Å². The molecule has 0 spiro atoms. The van der Waals surface area contributed by atoms with Gasteiger partial charge in [0.2, 0.25) is 0 Å². The molecule has 0 radical (unpaired) electrons. The zero-order valence-corrected chi connectivity index (χ0v) is 12.3. The van der Waals surface area contributed by atoms with E-state index in [0.29, 0.717) is 13.2 Å². The van der Waals surface area contributed by atoms with Crippen LogP contribution >= 0.6 is 0 Å². The largest absolute Gasteiger partial charge is 0.550 e. The van der Waals surface area contributed by atoms with Crippen molar-refractivity contribution in [3.8, 4) is 0 Å². The summed E-state index contributed by atoms with van der Waals surface area (Å²) in [5, 5.41) is 44.5. The first-order valence-corrected chi connectivity index (χ1v) is 7.29. The van der Waals surface area contributed by atoms with Crippen LogP contribution in [0.25, 0.3) is 0 Å². The highest BCUT2D eigenvalue weighted by Gasteiger charge is 2.53. The minimum Gasteiger partial charge on any atom is -0.550 e. The van der Waals surface area contributed by atoms with E-state index in [4.69, 9.17) is 9.47 Å². The first kappa shape index (κ1) is 17.6. The molecule has 9 heteroatoms. The molecule has 23 heavy (non-hydrogen) atoms. The Hall–Kier alpha value is -1.71. The molecule has 130 valence electrons. The predicted octanol–water partition coefficient (Wildman–Crippen LogP) is -4.30. The number of aliphatic carboxylic acids is 3. The molecule has 0 bridgehead atoms. The van der Waals surface area contributed by atoms with Crippen LogP contribution in [0.3, 0.4) is 0 Å². The molecule has 3 unspecified atom stereocenters. The van der Waals surface area contributed by atoms with Gasteiger partial charge in [0.15, 0.2) is 0 Å². The van der Waals surface area contributed by atoms with Gasteiger partial charge in [-0.3, -0.25) is 0 Å². The number of carbonyl (C=O) groups is 3. The first-order chi connectivity index (χ1) is 10.7. The summed E-state index contributed by atoms with van der Waals surface area (Å²) < 4.78 is 9.93. The lowest BCUT2D eigenvalue weighted by atomic mass is 9.64. The van der Waals surface area contributed by atoms with E-state index in [-0.39, 0.29) is 37.9 Å². The van der Waals surface area contributed by atoms with Crippen molar-refractivity contribution in [3.63, 3.8) is 0 Å². The van der Waals surface area contributed by atoms with Gasteiger partial charge in [-0.1, -0.05) is 0 Å². The van der Waals surface area contributed by atoms with Crippen LogP contribution in [0.15, 0.2) is 0 Å². The Bertz CT molecular complexity index is 478. The molecular formula is C14H17O9-3. The number of carboxylic acids is 3. The van der Waals surface area contributed by atoms with Crippen molar-refractivity contribution in [3.05, 3.63) is 0 Å². The van der Waals surface area contributed by atoms with Crippen LogP contribution in [-0.4, -0.2) is 54.0 Å². The molecule has 9 nitrogen and oxygen atoms in total. The standard InChI is InChI=1S/C14H20O9/c15-10(16)5-14(21,12(19)20)13(11(17)18,3-1-8-6-22-8)4-2-9-7-23-9/h8-9,21H,1-7H2,(H,15,16)(H,17,18)(H,19,20)/p-3. The van der Waals surface area contributed by atoms with Crippen LogP contribution in [0, 0.1) is 5.41 Å². The van der Waals surface area contributed by atoms with Gasteiger partial charge in [-0.05, 0) is 25.7 Å². The molecular weight excluding hydrogens is 312 g/mol. The molecule has 0 aromatic rings. The highest BCUT2D eigenvalue weighted by molar-refractivity contribution is 5.90. The Labute approximate surface area is 131 Å². The summed E-state index contributed by atoms with van der Waals surface area (Å²) >= 11 is 0. The molecule has 2 aliphatic rings. The van der Waals surface area contributed by atoms with Gasteiger partial charge in [-0.25, -0.2) is 0 Å². The molecule has 3 atom stereocenters. The van der Waals surface area contributed by atoms with Crippen LogP contribution < -0.4 is 15.3 Å². The minimum atomic E-state index is -3.14. The van der Waals surface area contributed by atoms with Crippen LogP contribution in [0.1, 0.15) is 32.1 Å². The zero-order chi connectivity index (χ0) is 17.3. The van der Waals surface area contributed by atoms with Crippen LogP contribution in [0.5, 0.6) is 0 Å². The van der Waals surface area contributed by atoms with Crippen molar-refractivity contribution in [2.24, 2.45) is 5.41 Å². The summed E-state index contributed by atoms with van der Waals surface area (Å²) in [6.45, 7) is 0.804. The second kappa shape index (κ2) is 6.42. The second-order valence-electron chi connectivity index (χ2n) is 6.05. The van der Waals surface area contributed by atoms with Gasteiger partial charge >= 0.3 is 0 Å². The van der Waals surface area contributed by atoms with Gasteiger partial charge in [0.25, 0.3) is 0 Å². The number of hydrogen-bond acceptors (Lipinski definition) is 9. The molecule has 2 rings (SSSR count). The van der Waals surface area contributed by atoms with Crippen LogP contribution in [-0.2, 0) is 23.9 Å². The zero-order valence-electron chi connectivity index (χ0n) is 12.3. The van der Waals surface area contributed by atoms with Crippen molar-refractivity contribution in [2.75, 3.05) is 13.2 Å². The number of carbonyl (C=O) groups excluding carboxylic acids is 3. The van der Waals surface area contributed by atoms with E-state index in [9.17, 15) is 34.8 Å². The number of aliphatic hydroxyl groups is 1. The number of epoxide rings is 2. The topological polar surface area (TPSA) is 166 Å². The molecule has 0 saturated carbocycles. The Morgan fingerprint density at radius 3 is 1.65 bits per heavy atom. The normalized spacial score (nSPS) is 27.5. The number of hydrogen-bond donors (Lipinski definition) is 1. The number of ether oxygens (including phenoxy) is 2. The van der Waals surface area contributed by atoms with Crippen molar-refractivity contribution < 1.29 is 44.3 Å². The SMILES string of the molecule is O=C([O-])CC(O)(C(=O)[O-])C(CCC1CO1)(CCC1CO1)C(=O)[O-]. The molecule has 2 saturated heterocycles. The Morgan fingerprint density at radius 2 is 1.39 bits per heavy atom. The molecule has 0 aromatic heterocycles. The lowest BCUT2D eigenvalue weighted by Crippen LogP contribution is -2.67. The molecule has 2 fully saturated rings. The maximum absolute atomic E-state index is 11.8. The summed E-state index contributed by atoms with van der Waals surface area (Å²) in [6, 6.07) is 0. The summed E-state index contributed by atoms with van der Waals surface area (Å²) in [6.07, 6.45) is -2.20. The van der Waals surface area contributed by atoms with E-state index in [1.54, 1.807) is 0 Å². The number of carboxylic acid groups (broad SMARTS) is 3. The van der Waals surface area contributed by atoms with Gasteiger partial charge in [0.1, 0.15) is 5.60 Å². The first-order valence-electron chi connectivity index (χ1n) is 7.29. The average Bonchev–Trinajstić information content (AvgIpc) is 3.32. The summed E-state index contributed by atoms with van der Waals surface area (Å²) in [5.74, 6) is -5.92. The predicted molar refractivity (Wildman–Crippen MR) is 65.0 cm³/mol. The summed E-state index contributed by atoms with van der Waals surface area (Å²) in [5.41, 5.74) is -5.47. The van der Waals surface area contributed by atoms with E-state index in [1.807, 2.05) is 0 Å². The van der Waals surface area contributed by atoms with E-state index < -0.39 is 35.3 Å². The van der Waals surface area contributed by atoms with E-state index in [1.165, 1.54) is 0 Å². The Morgan fingerprint density at radius 1 is 0.957 bits per heavy atom. The molecule has 0 aliphatic carbocycles. The fourth-order valence-corrected chi connectivity index (χ4v) is 2.84. The smallest absolute Gasteiger partial charge is 0.120 e. The van der Waals surface area contributed by atoms with Gasteiger partial charge in [0, 0.05) is 17.8 Å². The third-order valence-corrected chi connectivity index (χ3v) is 4.51. The minimum absolute atomic E-state index is 0.155. The van der Waals surface area contributed by atoms with Crippen molar-refractivity contribution in [2.45, 2.75) is 49.9 Å². The highest BCUT2D eigenvalue weighted by Crippen LogP contribution is 2.45. The maximum atomic E-state index is 11.8. The molecule has 0 amide bonds. The lowest BCUT2D eigenvalue weighted by molar-refractivity contribution is -0.358.